The molecule has 1 aromatic rings. The lowest BCUT2D eigenvalue weighted by Gasteiger charge is -2.09. The van der Waals surface area contributed by atoms with Crippen molar-refractivity contribution in [3.8, 4) is 0 Å². The molecule has 1 nitrogen and oxygen atoms in total. The van der Waals surface area contributed by atoms with E-state index in [1.807, 2.05) is 13.0 Å². The zero-order chi connectivity index (χ0) is 9.84. The van der Waals surface area contributed by atoms with E-state index in [1.54, 1.807) is 7.11 Å². The first-order valence-corrected chi connectivity index (χ1v) is 4.44. The first-order chi connectivity index (χ1) is 6.16. The first-order valence-electron chi connectivity index (χ1n) is 4.44. The number of aryl methyl sites for hydroxylation is 1. The van der Waals surface area contributed by atoms with Crippen LogP contribution in [0.25, 0.3) is 5.57 Å². The van der Waals surface area contributed by atoms with Crippen molar-refractivity contribution in [2.75, 3.05) is 7.11 Å². The van der Waals surface area contributed by atoms with Crippen molar-refractivity contribution >= 4 is 5.57 Å². The normalized spacial score (nSPS) is 12.3. The number of ether oxygens (including phenoxy) is 1. The summed E-state index contributed by atoms with van der Waals surface area (Å²) in [5.41, 5.74) is 3.76. The molecule has 0 fully saturated rings. The van der Waals surface area contributed by atoms with Gasteiger partial charge in [-0.05, 0) is 37.5 Å². The van der Waals surface area contributed by atoms with Crippen LogP contribution < -0.4 is 0 Å². The number of hydrogen-bond donors (Lipinski definition) is 0. The van der Waals surface area contributed by atoms with Gasteiger partial charge in [-0.25, -0.2) is 0 Å². The second-order valence-corrected chi connectivity index (χ2v) is 3.20. The van der Waals surface area contributed by atoms with Gasteiger partial charge in [0.15, 0.2) is 0 Å². The van der Waals surface area contributed by atoms with Crippen LogP contribution in [-0.4, -0.2) is 7.11 Å². The van der Waals surface area contributed by atoms with Crippen LogP contribution in [0.15, 0.2) is 30.0 Å². The Balaban J connectivity index is 3.16. The van der Waals surface area contributed by atoms with E-state index in [1.165, 1.54) is 16.7 Å². The third-order valence-electron chi connectivity index (χ3n) is 2.38. The molecule has 1 heteroatoms. The molecule has 0 radical (unpaired) electrons. The predicted octanol–water partition coefficient (Wildman–Crippen LogP) is 3.39. The van der Waals surface area contributed by atoms with Crippen molar-refractivity contribution < 1.29 is 4.74 Å². The third-order valence-corrected chi connectivity index (χ3v) is 2.38. The average molecular weight is 176 g/mol. The second kappa shape index (κ2) is 4.13. The number of hydrogen-bond acceptors (Lipinski definition) is 1. The van der Waals surface area contributed by atoms with Crippen molar-refractivity contribution in [1.82, 2.24) is 0 Å². The molecule has 0 heterocycles. The highest BCUT2D eigenvalue weighted by Gasteiger charge is 2.02. The van der Waals surface area contributed by atoms with Gasteiger partial charge < -0.3 is 4.74 Å². The summed E-state index contributed by atoms with van der Waals surface area (Å²) in [6.45, 7) is 6.19. The monoisotopic (exact) mass is 176 g/mol. The minimum absolute atomic E-state index is 0.981. The van der Waals surface area contributed by atoms with Crippen molar-refractivity contribution in [2.45, 2.75) is 20.8 Å². The smallest absolute Gasteiger partial charge is 0.0959 e. The maximum absolute atomic E-state index is 5.20. The van der Waals surface area contributed by atoms with E-state index in [0.717, 1.165) is 5.76 Å². The molecule has 0 saturated heterocycles. The molecule has 0 aliphatic rings. The lowest BCUT2D eigenvalue weighted by molar-refractivity contribution is 0.295. The highest BCUT2D eigenvalue weighted by atomic mass is 16.5. The molecule has 70 valence electrons. The molecular weight excluding hydrogens is 160 g/mol. The molecule has 0 atom stereocenters. The van der Waals surface area contributed by atoms with E-state index in [2.05, 4.69) is 32.0 Å². The lowest BCUT2D eigenvalue weighted by atomic mass is 10.0. The highest BCUT2D eigenvalue weighted by molar-refractivity contribution is 5.67. The minimum Gasteiger partial charge on any atom is -0.501 e. The fourth-order valence-electron chi connectivity index (χ4n) is 1.34. The fraction of sp³-hybridized carbons (Fsp3) is 0.333. The Hall–Kier alpha value is -1.24. The molecule has 13 heavy (non-hydrogen) atoms. The molecule has 0 aromatic heterocycles. The van der Waals surface area contributed by atoms with Crippen molar-refractivity contribution in [3.05, 3.63) is 41.2 Å². The molecule has 0 unspecified atom stereocenters. The van der Waals surface area contributed by atoms with Crippen LogP contribution in [0.5, 0.6) is 0 Å². The number of allylic oxidation sites excluding steroid dienone is 2. The number of benzene rings is 1. The Morgan fingerprint density at radius 3 is 2.31 bits per heavy atom. The van der Waals surface area contributed by atoms with Gasteiger partial charge in [0.25, 0.3) is 0 Å². The van der Waals surface area contributed by atoms with Gasteiger partial charge in [-0.15, -0.1) is 0 Å². The zero-order valence-electron chi connectivity index (χ0n) is 8.72. The summed E-state index contributed by atoms with van der Waals surface area (Å²) in [5.74, 6) is 0.981. The molecule has 0 aliphatic heterocycles. The van der Waals surface area contributed by atoms with Crippen molar-refractivity contribution in [2.24, 2.45) is 0 Å². The summed E-state index contributed by atoms with van der Waals surface area (Å²) in [6, 6.07) is 8.33. The topological polar surface area (TPSA) is 9.23 Å². The summed E-state index contributed by atoms with van der Waals surface area (Å²) in [6.07, 6.45) is 0. The van der Waals surface area contributed by atoms with E-state index >= 15 is 0 Å². The largest absolute Gasteiger partial charge is 0.501 e. The van der Waals surface area contributed by atoms with Gasteiger partial charge in [0.05, 0.1) is 12.9 Å². The van der Waals surface area contributed by atoms with Crippen LogP contribution in [0.3, 0.4) is 0 Å². The molecule has 0 aliphatic carbocycles. The van der Waals surface area contributed by atoms with Gasteiger partial charge in [-0.1, -0.05) is 24.3 Å². The Kier molecular flexibility index (Phi) is 3.13. The molecule has 1 aromatic carbocycles. The highest BCUT2D eigenvalue weighted by Crippen LogP contribution is 2.21. The SMILES string of the molecule is COC(C)=C(C)c1ccccc1C. The molecule has 0 spiro atoms. The van der Waals surface area contributed by atoms with Crippen LogP contribution in [0, 0.1) is 6.92 Å². The third kappa shape index (κ3) is 2.11. The summed E-state index contributed by atoms with van der Waals surface area (Å²) in [7, 11) is 1.71. The second-order valence-electron chi connectivity index (χ2n) is 3.20. The molecule has 0 amide bonds. The zero-order valence-corrected chi connectivity index (χ0v) is 8.72. The number of rotatable bonds is 2. The summed E-state index contributed by atoms with van der Waals surface area (Å²) >= 11 is 0. The van der Waals surface area contributed by atoms with Gasteiger partial charge >= 0.3 is 0 Å². The van der Waals surface area contributed by atoms with E-state index in [0.29, 0.717) is 0 Å². The van der Waals surface area contributed by atoms with E-state index in [9.17, 15) is 0 Å². The Morgan fingerprint density at radius 1 is 1.15 bits per heavy atom. The summed E-state index contributed by atoms with van der Waals surface area (Å²) in [5, 5.41) is 0. The fourth-order valence-corrected chi connectivity index (χ4v) is 1.34. The standard InChI is InChI=1S/C12H16O/c1-9-7-5-6-8-12(9)10(2)11(3)13-4/h5-8H,1-4H3. The molecule has 0 bridgehead atoms. The summed E-state index contributed by atoms with van der Waals surface area (Å²) < 4.78 is 5.20. The maximum Gasteiger partial charge on any atom is 0.0959 e. The van der Waals surface area contributed by atoms with Gasteiger partial charge in [0.1, 0.15) is 0 Å². The van der Waals surface area contributed by atoms with Crippen LogP contribution in [0.2, 0.25) is 0 Å². The molecule has 0 saturated carbocycles. The van der Waals surface area contributed by atoms with Crippen molar-refractivity contribution in [3.63, 3.8) is 0 Å². The van der Waals surface area contributed by atoms with Crippen LogP contribution in [0.4, 0.5) is 0 Å². The average Bonchev–Trinajstić information content (AvgIpc) is 2.16. The summed E-state index contributed by atoms with van der Waals surface area (Å²) in [4.78, 5) is 0. The van der Waals surface area contributed by atoms with Gasteiger partial charge in [-0.2, -0.15) is 0 Å². The molecular formula is C12H16O. The van der Waals surface area contributed by atoms with Crippen LogP contribution >= 0.6 is 0 Å². The van der Waals surface area contributed by atoms with Gasteiger partial charge in [-0.3, -0.25) is 0 Å². The molecule has 1 rings (SSSR count). The Morgan fingerprint density at radius 2 is 1.77 bits per heavy atom. The predicted molar refractivity (Wildman–Crippen MR) is 56.5 cm³/mol. The van der Waals surface area contributed by atoms with Gasteiger partial charge in [0, 0.05) is 0 Å². The Labute approximate surface area is 80.0 Å². The van der Waals surface area contributed by atoms with E-state index in [4.69, 9.17) is 4.74 Å². The maximum atomic E-state index is 5.20. The molecule has 0 N–H and O–H groups in total. The lowest BCUT2D eigenvalue weighted by Crippen LogP contribution is -1.90. The van der Waals surface area contributed by atoms with Gasteiger partial charge in [0.2, 0.25) is 0 Å². The van der Waals surface area contributed by atoms with E-state index < -0.39 is 0 Å². The van der Waals surface area contributed by atoms with E-state index in [-0.39, 0.29) is 0 Å². The minimum atomic E-state index is 0.981. The first kappa shape index (κ1) is 9.85. The van der Waals surface area contributed by atoms with Crippen molar-refractivity contribution in [1.29, 1.82) is 0 Å². The Bertz CT molecular complexity index is 324. The number of methoxy groups -OCH3 is 1. The van der Waals surface area contributed by atoms with Crippen LogP contribution in [0.1, 0.15) is 25.0 Å². The quantitative estimate of drug-likeness (QED) is 0.627. The van der Waals surface area contributed by atoms with Crippen LogP contribution in [-0.2, 0) is 4.74 Å².